The second-order valence-electron chi connectivity index (χ2n) is 7.95. The maximum Gasteiger partial charge on any atom is 2.00 e. The van der Waals surface area contributed by atoms with Crippen molar-refractivity contribution in [3.63, 3.8) is 0 Å². The Balaban J connectivity index is 0.00000481. The van der Waals surface area contributed by atoms with Gasteiger partial charge in [0, 0.05) is 31.3 Å². The summed E-state index contributed by atoms with van der Waals surface area (Å²) < 4.78 is 32.3. The summed E-state index contributed by atoms with van der Waals surface area (Å²) in [7, 11) is -2.29. The Morgan fingerprint density at radius 1 is 0.973 bits per heavy atom. The van der Waals surface area contributed by atoms with Crippen LogP contribution in [0.25, 0.3) is 6.08 Å². The van der Waals surface area contributed by atoms with E-state index >= 15 is 0 Å². The summed E-state index contributed by atoms with van der Waals surface area (Å²) in [6.45, 7) is 0.258. The van der Waals surface area contributed by atoms with Gasteiger partial charge in [-0.15, -0.1) is 0 Å². The molecule has 0 spiro atoms. The largest absolute Gasteiger partial charge is 2.00 e. The summed E-state index contributed by atoms with van der Waals surface area (Å²) in [6, 6.07) is 22.4. The van der Waals surface area contributed by atoms with Gasteiger partial charge in [-0.2, -0.15) is 8.42 Å². The minimum absolute atomic E-state index is 0. The van der Waals surface area contributed by atoms with E-state index < -0.39 is 22.2 Å². The van der Waals surface area contributed by atoms with Gasteiger partial charge in [0.15, 0.2) is 0 Å². The van der Waals surface area contributed by atoms with Crippen molar-refractivity contribution < 1.29 is 32.0 Å². The Labute approximate surface area is 232 Å². The standard InChI is InChI=1S/C27H27NO7S.Mg/c1-34-25(27(30)31)19-21-10-14-23(15-11-21)28(26(29)22-8-4-3-5-9-22)18-6-7-20-12-16-24(17-13-20)35-36(2,32)33;/h3-17,25H,18-19H2,1-2H3,(H,30,31);/q;+2/p-1/b7-6+;/t25-;/m0./s1. The van der Waals surface area contributed by atoms with Gasteiger partial charge in [0.2, 0.25) is 0 Å². The van der Waals surface area contributed by atoms with E-state index in [1.807, 2.05) is 18.2 Å². The molecule has 1 amide bonds. The molecule has 0 aliphatic heterocycles. The second kappa shape index (κ2) is 13.9. The van der Waals surface area contributed by atoms with Crippen LogP contribution in [-0.2, 0) is 26.1 Å². The van der Waals surface area contributed by atoms with E-state index in [9.17, 15) is 23.1 Å². The SMILES string of the molecule is CO[C@@H](Cc1ccc(N(C/C=C/c2ccc(OS(C)(=O)=O)cc2)C(=O)c2ccccc2)cc1)C(=O)[O-].[Mg+2]. The molecule has 0 aromatic heterocycles. The molecule has 1 atom stereocenters. The normalized spacial score (nSPS) is 11.9. The van der Waals surface area contributed by atoms with E-state index in [-0.39, 0.29) is 47.7 Å². The molecule has 3 rings (SSSR count). The van der Waals surface area contributed by atoms with Crippen LogP contribution >= 0.6 is 0 Å². The predicted octanol–water partition coefficient (Wildman–Crippen LogP) is 2.31. The molecule has 10 heteroatoms. The summed E-state index contributed by atoms with van der Waals surface area (Å²) in [5.41, 5.74) is 2.69. The molecule has 0 N–H and O–H groups in total. The second-order valence-corrected chi connectivity index (χ2v) is 9.53. The number of amides is 1. The summed E-state index contributed by atoms with van der Waals surface area (Å²) >= 11 is 0. The molecule has 0 saturated carbocycles. The summed E-state index contributed by atoms with van der Waals surface area (Å²) in [5.74, 6) is -1.28. The minimum atomic E-state index is -3.60. The van der Waals surface area contributed by atoms with Crippen molar-refractivity contribution in [1.29, 1.82) is 0 Å². The zero-order valence-corrected chi connectivity index (χ0v) is 22.8. The monoisotopic (exact) mass is 532 g/mol. The van der Waals surface area contributed by atoms with Crippen LogP contribution in [0.4, 0.5) is 5.69 Å². The van der Waals surface area contributed by atoms with Crippen LogP contribution in [0.15, 0.2) is 84.9 Å². The van der Waals surface area contributed by atoms with Crippen molar-refractivity contribution in [3.05, 3.63) is 102 Å². The third-order valence-corrected chi connectivity index (χ3v) is 5.70. The predicted molar refractivity (Wildman–Crippen MR) is 141 cm³/mol. The van der Waals surface area contributed by atoms with Crippen molar-refractivity contribution in [1.82, 2.24) is 0 Å². The molecule has 0 heterocycles. The molecule has 0 aliphatic carbocycles. The molecule has 0 saturated heterocycles. The van der Waals surface area contributed by atoms with Crippen LogP contribution < -0.4 is 14.2 Å². The van der Waals surface area contributed by atoms with E-state index in [1.54, 1.807) is 77.7 Å². The van der Waals surface area contributed by atoms with Crippen LogP contribution in [-0.4, -0.2) is 69.4 Å². The van der Waals surface area contributed by atoms with Gasteiger partial charge in [0.1, 0.15) is 11.9 Å². The first-order chi connectivity index (χ1) is 17.2. The molecular formula is C27H26MgNO7S+. The molecule has 3 aromatic rings. The number of anilines is 1. The van der Waals surface area contributed by atoms with Crippen LogP contribution in [0.2, 0.25) is 0 Å². The summed E-state index contributed by atoms with van der Waals surface area (Å²) in [5, 5.41) is 11.1. The van der Waals surface area contributed by atoms with E-state index in [2.05, 4.69) is 0 Å². The molecule has 3 aromatic carbocycles. The minimum Gasteiger partial charge on any atom is -0.547 e. The van der Waals surface area contributed by atoms with E-state index in [0.717, 1.165) is 17.4 Å². The number of carbonyl (C=O) groups is 2. The van der Waals surface area contributed by atoms with Crippen molar-refractivity contribution in [2.75, 3.05) is 24.8 Å². The Hall–Kier alpha value is -3.18. The van der Waals surface area contributed by atoms with Crippen LogP contribution in [0.1, 0.15) is 21.5 Å². The van der Waals surface area contributed by atoms with E-state index in [4.69, 9.17) is 8.92 Å². The van der Waals surface area contributed by atoms with Crippen molar-refractivity contribution in [3.8, 4) is 5.75 Å². The first-order valence-electron chi connectivity index (χ1n) is 11.0. The average molecular weight is 533 g/mol. The molecule has 0 radical (unpaired) electrons. The van der Waals surface area contributed by atoms with Crippen LogP contribution in [0, 0.1) is 0 Å². The zero-order valence-electron chi connectivity index (χ0n) is 20.6. The Morgan fingerprint density at radius 3 is 2.14 bits per heavy atom. The number of aliphatic carboxylic acids is 1. The quantitative estimate of drug-likeness (QED) is 0.275. The summed E-state index contributed by atoms with van der Waals surface area (Å²) in [6.07, 6.45) is 3.69. The molecule has 188 valence electrons. The first kappa shape index (κ1) is 30.0. The maximum atomic E-state index is 13.3. The maximum absolute atomic E-state index is 13.3. The fourth-order valence-corrected chi connectivity index (χ4v) is 3.90. The van der Waals surface area contributed by atoms with Gasteiger partial charge in [-0.3, -0.25) is 4.79 Å². The number of hydrogen-bond acceptors (Lipinski definition) is 7. The molecule has 0 fully saturated rings. The Kier molecular flexibility index (Phi) is 11.3. The van der Waals surface area contributed by atoms with Gasteiger partial charge in [-0.1, -0.05) is 54.6 Å². The molecular weight excluding hydrogens is 507 g/mol. The number of carboxylic acid groups (broad SMARTS) is 1. The van der Waals surface area contributed by atoms with Crippen LogP contribution in [0.3, 0.4) is 0 Å². The first-order valence-corrected chi connectivity index (χ1v) is 12.8. The van der Waals surface area contributed by atoms with Gasteiger partial charge in [-0.05, 0) is 47.5 Å². The van der Waals surface area contributed by atoms with Crippen LogP contribution in [0.5, 0.6) is 5.75 Å². The number of nitrogens with zero attached hydrogens (tertiary/aromatic N) is 1. The van der Waals surface area contributed by atoms with Gasteiger partial charge in [0.25, 0.3) is 5.91 Å². The number of hydrogen-bond donors (Lipinski definition) is 0. The van der Waals surface area contributed by atoms with E-state index in [1.165, 1.54) is 7.11 Å². The third-order valence-electron chi connectivity index (χ3n) is 5.21. The number of carbonyl (C=O) groups excluding carboxylic acids is 2. The van der Waals surface area contributed by atoms with Gasteiger partial charge in [0.05, 0.1) is 12.2 Å². The van der Waals surface area contributed by atoms with Crippen molar-refractivity contribution in [2.45, 2.75) is 12.5 Å². The van der Waals surface area contributed by atoms with Crippen molar-refractivity contribution >= 4 is 56.8 Å². The topological polar surface area (TPSA) is 113 Å². The molecule has 8 nitrogen and oxygen atoms in total. The number of ether oxygens (including phenoxy) is 1. The molecule has 0 unspecified atom stereocenters. The van der Waals surface area contributed by atoms with Gasteiger partial charge in [-0.25, -0.2) is 0 Å². The number of rotatable bonds is 11. The fraction of sp³-hybridized carbons (Fsp3) is 0.185. The Morgan fingerprint density at radius 2 is 1.59 bits per heavy atom. The number of benzene rings is 3. The van der Waals surface area contributed by atoms with Gasteiger partial charge >= 0.3 is 33.2 Å². The zero-order chi connectivity index (χ0) is 26.1. The molecule has 0 bridgehead atoms. The average Bonchev–Trinajstić information content (AvgIpc) is 2.86. The number of methoxy groups -OCH3 is 1. The smallest absolute Gasteiger partial charge is 0.547 e. The Bertz CT molecular complexity index is 1310. The van der Waals surface area contributed by atoms with Crippen molar-refractivity contribution in [2.24, 2.45) is 0 Å². The fourth-order valence-electron chi connectivity index (χ4n) is 3.43. The van der Waals surface area contributed by atoms with E-state index in [0.29, 0.717) is 11.3 Å². The summed E-state index contributed by atoms with van der Waals surface area (Å²) in [4.78, 5) is 26.0. The van der Waals surface area contributed by atoms with Gasteiger partial charge < -0.3 is 23.7 Å². The molecule has 0 aliphatic rings. The molecule has 37 heavy (non-hydrogen) atoms. The third kappa shape index (κ3) is 9.32. The number of carboxylic acids is 1.